The highest BCUT2D eigenvalue weighted by molar-refractivity contribution is 5.92. The van der Waals surface area contributed by atoms with E-state index >= 15 is 0 Å². The molecule has 4 rings (SSSR count). The molecule has 2 aromatic rings. The number of rotatable bonds is 4. The summed E-state index contributed by atoms with van der Waals surface area (Å²) in [6.45, 7) is 5.81. The molecule has 1 aromatic carbocycles. The molecule has 1 atom stereocenters. The van der Waals surface area contributed by atoms with Crippen molar-refractivity contribution < 1.29 is 13.9 Å². The molecular weight excluding hydrogens is 369 g/mol. The van der Waals surface area contributed by atoms with Crippen molar-refractivity contribution in [2.24, 2.45) is 5.41 Å². The standard InChI is InChI=1S/C23H28FN3O2/c1-17-5-3-6-21(25-17)22(28)27-12-10-23(16-27)9-4-11-26(15-23)14-18-13-19(29-2)7-8-20(18)24/h3,5-8,13H,4,9-12,14-16H2,1-2H3/t23-/m0/s1. The molecule has 2 saturated heterocycles. The fraction of sp³-hybridized carbons (Fsp3) is 0.478. The van der Waals surface area contributed by atoms with E-state index in [1.807, 2.05) is 24.0 Å². The van der Waals surface area contributed by atoms with Crippen LogP contribution in [0.4, 0.5) is 4.39 Å². The van der Waals surface area contributed by atoms with Crippen molar-refractivity contribution in [2.75, 3.05) is 33.3 Å². The van der Waals surface area contributed by atoms with Gasteiger partial charge in [-0.15, -0.1) is 0 Å². The van der Waals surface area contributed by atoms with Gasteiger partial charge in [0.15, 0.2) is 0 Å². The summed E-state index contributed by atoms with van der Waals surface area (Å²) in [5.41, 5.74) is 2.13. The van der Waals surface area contributed by atoms with Gasteiger partial charge in [-0.05, 0) is 63.1 Å². The average molecular weight is 397 g/mol. The second-order valence-corrected chi connectivity index (χ2v) is 8.41. The lowest BCUT2D eigenvalue weighted by Gasteiger charge is -2.40. The number of carbonyl (C=O) groups excluding carboxylic acids is 1. The molecule has 2 aliphatic heterocycles. The Balaban J connectivity index is 1.44. The van der Waals surface area contributed by atoms with E-state index in [0.717, 1.165) is 51.1 Å². The van der Waals surface area contributed by atoms with Gasteiger partial charge in [0.25, 0.3) is 5.91 Å². The van der Waals surface area contributed by atoms with Gasteiger partial charge >= 0.3 is 0 Å². The number of hydrogen-bond acceptors (Lipinski definition) is 4. The average Bonchev–Trinajstić information content (AvgIpc) is 3.12. The van der Waals surface area contributed by atoms with Crippen molar-refractivity contribution in [2.45, 2.75) is 32.7 Å². The van der Waals surface area contributed by atoms with Crippen molar-refractivity contribution in [1.29, 1.82) is 0 Å². The molecule has 1 amide bonds. The predicted molar refractivity (Wildman–Crippen MR) is 109 cm³/mol. The number of carbonyl (C=O) groups is 1. The van der Waals surface area contributed by atoms with Gasteiger partial charge in [0, 0.05) is 42.9 Å². The Kier molecular flexibility index (Phi) is 5.54. The van der Waals surface area contributed by atoms with E-state index < -0.39 is 0 Å². The number of aryl methyl sites for hydroxylation is 1. The van der Waals surface area contributed by atoms with Crippen molar-refractivity contribution in [3.8, 4) is 5.75 Å². The minimum absolute atomic E-state index is 0.0153. The van der Waals surface area contributed by atoms with Crippen molar-refractivity contribution in [3.05, 3.63) is 59.2 Å². The number of hydrogen-bond donors (Lipinski definition) is 0. The molecule has 0 saturated carbocycles. The highest BCUT2D eigenvalue weighted by Gasteiger charge is 2.43. The van der Waals surface area contributed by atoms with E-state index in [1.165, 1.54) is 6.07 Å². The molecule has 5 nitrogen and oxygen atoms in total. The highest BCUT2D eigenvalue weighted by atomic mass is 19.1. The number of aromatic nitrogens is 1. The normalized spacial score (nSPS) is 22.2. The van der Waals surface area contributed by atoms with Gasteiger partial charge in [0.2, 0.25) is 0 Å². The Morgan fingerprint density at radius 2 is 2.07 bits per heavy atom. The molecule has 0 radical (unpaired) electrons. The van der Waals surface area contributed by atoms with E-state index in [9.17, 15) is 9.18 Å². The van der Waals surface area contributed by atoms with Crippen LogP contribution in [0.5, 0.6) is 5.75 Å². The Morgan fingerprint density at radius 3 is 2.86 bits per heavy atom. The molecule has 6 heteroatoms. The fourth-order valence-electron chi connectivity index (χ4n) is 4.75. The lowest BCUT2D eigenvalue weighted by Crippen LogP contribution is -2.45. The zero-order valence-electron chi connectivity index (χ0n) is 17.2. The van der Waals surface area contributed by atoms with E-state index in [4.69, 9.17) is 4.74 Å². The summed E-state index contributed by atoms with van der Waals surface area (Å²) < 4.78 is 19.5. The van der Waals surface area contributed by atoms with Gasteiger partial charge in [-0.3, -0.25) is 9.69 Å². The Morgan fingerprint density at radius 1 is 1.21 bits per heavy atom. The van der Waals surface area contributed by atoms with Crippen LogP contribution >= 0.6 is 0 Å². The molecule has 0 N–H and O–H groups in total. The zero-order chi connectivity index (χ0) is 20.4. The molecule has 3 heterocycles. The molecule has 2 aliphatic rings. The second-order valence-electron chi connectivity index (χ2n) is 8.41. The van der Waals surface area contributed by atoms with Crippen LogP contribution in [-0.4, -0.2) is 54.0 Å². The summed E-state index contributed by atoms with van der Waals surface area (Å²) in [5.74, 6) is 0.497. The number of halogens is 1. The first-order valence-corrected chi connectivity index (χ1v) is 10.3. The summed E-state index contributed by atoms with van der Waals surface area (Å²) in [6, 6.07) is 10.5. The third-order valence-electron chi connectivity index (χ3n) is 6.22. The van der Waals surface area contributed by atoms with Crippen molar-refractivity contribution in [3.63, 3.8) is 0 Å². The van der Waals surface area contributed by atoms with E-state index in [0.29, 0.717) is 23.6 Å². The largest absolute Gasteiger partial charge is 0.497 e. The molecule has 2 fully saturated rings. The van der Waals surface area contributed by atoms with Crippen LogP contribution in [-0.2, 0) is 6.54 Å². The summed E-state index contributed by atoms with van der Waals surface area (Å²) >= 11 is 0. The zero-order valence-corrected chi connectivity index (χ0v) is 17.2. The monoisotopic (exact) mass is 397 g/mol. The fourth-order valence-corrected chi connectivity index (χ4v) is 4.75. The van der Waals surface area contributed by atoms with Crippen LogP contribution in [0.25, 0.3) is 0 Å². The number of nitrogens with zero attached hydrogens (tertiary/aromatic N) is 3. The molecular formula is C23H28FN3O2. The molecule has 154 valence electrons. The number of piperidine rings is 1. The van der Waals surface area contributed by atoms with Gasteiger partial charge in [0.1, 0.15) is 17.3 Å². The Bertz CT molecular complexity index is 903. The number of methoxy groups -OCH3 is 1. The minimum Gasteiger partial charge on any atom is -0.497 e. The molecule has 1 spiro atoms. The topological polar surface area (TPSA) is 45.7 Å². The van der Waals surface area contributed by atoms with Gasteiger partial charge in [-0.25, -0.2) is 9.37 Å². The predicted octanol–water partition coefficient (Wildman–Crippen LogP) is 3.67. The van der Waals surface area contributed by atoms with Crippen LogP contribution in [0.15, 0.2) is 36.4 Å². The smallest absolute Gasteiger partial charge is 0.272 e. The number of benzene rings is 1. The first kappa shape index (κ1) is 19.8. The summed E-state index contributed by atoms with van der Waals surface area (Å²) in [5, 5.41) is 0. The van der Waals surface area contributed by atoms with Crippen LogP contribution in [0, 0.1) is 18.2 Å². The lowest BCUT2D eigenvalue weighted by atomic mass is 9.79. The van der Waals surface area contributed by atoms with Crippen molar-refractivity contribution >= 4 is 5.91 Å². The van der Waals surface area contributed by atoms with Crippen molar-refractivity contribution in [1.82, 2.24) is 14.8 Å². The number of ether oxygens (including phenoxy) is 1. The van der Waals surface area contributed by atoms with Gasteiger partial charge in [-0.2, -0.15) is 0 Å². The van der Waals surface area contributed by atoms with E-state index in [1.54, 1.807) is 25.3 Å². The SMILES string of the molecule is COc1ccc(F)c(CN2CCC[C@]3(CCN(C(=O)c4cccc(C)n4)C3)C2)c1. The summed E-state index contributed by atoms with van der Waals surface area (Å²) in [4.78, 5) is 21.6. The van der Waals surface area contributed by atoms with E-state index in [-0.39, 0.29) is 17.1 Å². The molecule has 0 aliphatic carbocycles. The Hall–Kier alpha value is -2.47. The quantitative estimate of drug-likeness (QED) is 0.790. The van der Waals surface area contributed by atoms with E-state index in [2.05, 4.69) is 9.88 Å². The highest BCUT2D eigenvalue weighted by Crippen LogP contribution is 2.40. The first-order valence-electron chi connectivity index (χ1n) is 10.3. The molecule has 29 heavy (non-hydrogen) atoms. The third kappa shape index (κ3) is 4.27. The van der Waals surface area contributed by atoms with Crippen LogP contribution in [0.3, 0.4) is 0 Å². The summed E-state index contributed by atoms with van der Waals surface area (Å²) in [6.07, 6.45) is 3.16. The van der Waals surface area contributed by atoms with Gasteiger partial charge < -0.3 is 9.64 Å². The van der Waals surface area contributed by atoms with Crippen LogP contribution in [0.2, 0.25) is 0 Å². The lowest BCUT2D eigenvalue weighted by molar-refractivity contribution is 0.0668. The Labute approximate surface area is 171 Å². The van der Waals surface area contributed by atoms with Gasteiger partial charge in [-0.1, -0.05) is 6.07 Å². The molecule has 0 bridgehead atoms. The van der Waals surface area contributed by atoms with Crippen LogP contribution in [0.1, 0.15) is 41.0 Å². The van der Waals surface area contributed by atoms with Gasteiger partial charge in [0.05, 0.1) is 7.11 Å². The maximum absolute atomic E-state index is 14.3. The summed E-state index contributed by atoms with van der Waals surface area (Å²) in [7, 11) is 1.60. The number of pyridine rings is 1. The maximum Gasteiger partial charge on any atom is 0.272 e. The number of likely N-dealkylation sites (tertiary alicyclic amines) is 2. The maximum atomic E-state index is 14.3. The molecule has 0 unspecified atom stereocenters. The first-order chi connectivity index (χ1) is 14.0. The third-order valence-corrected chi connectivity index (χ3v) is 6.22. The molecule has 1 aromatic heterocycles. The van der Waals surface area contributed by atoms with Crippen LogP contribution < -0.4 is 4.74 Å². The minimum atomic E-state index is -0.195. The number of amides is 1. The second kappa shape index (κ2) is 8.11.